The van der Waals surface area contributed by atoms with E-state index in [-0.39, 0.29) is 11.9 Å². The van der Waals surface area contributed by atoms with Crippen molar-refractivity contribution in [3.05, 3.63) is 42.0 Å². The maximum atomic E-state index is 11.9. The van der Waals surface area contributed by atoms with Crippen LogP contribution in [0.15, 0.2) is 41.4 Å². The Morgan fingerprint density at radius 1 is 1.30 bits per heavy atom. The Morgan fingerprint density at radius 2 is 2.13 bits per heavy atom. The summed E-state index contributed by atoms with van der Waals surface area (Å²) in [7, 11) is 1.72. The topological polar surface area (TPSA) is 79.5 Å². The van der Waals surface area contributed by atoms with Crippen LogP contribution < -0.4 is 16.4 Å². The molecule has 23 heavy (non-hydrogen) atoms. The lowest BCUT2D eigenvalue weighted by atomic mass is 9.99. The highest BCUT2D eigenvalue weighted by atomic mass is 16.1. The average molecular weight is 308 g/mol. The molecule has 3 rings (SSSR count). The normalized spacial score (nSPS) is 17.3. The molecule has 1 heterocycles. The molecule has 5 nitrogen and oxygen atoms in total. The number of carbonyl (C=O) groups excluding carboxylic acids is 1. The minimum absolute atomic E-state index is 0.0250. The molecule has 0 unspecified atom stereocenters. The number of rotatable bonds is 2. The van der Waals surface area contributed by atoms with Gasteiger partial charge in [-0.15, -0.1) is 0 Å². The molecule has 0 saturated carbocycles. The zero-order valence-corrected chi connectivity index (χ0v) is 13.3. The van der Waals surface area contributed by atoms with E-state index in [1.54, 1.807) is 13.3 Å². The second kappa shape index (κ2) is 6.12. The van der Waals surface area contributed by atoms with Gasteiger partial charge >= 0.3 is 0 Å². The molecule has 0 radical (unpaired) electrons. The van der Waals surface area contributed by atoms with Gasteiger partial charge in [-0.05, 0) is 30.7 Å². The van der Waals surface area contributed by atoms with Crippen LogP contribution in [0, 0.1) is 0 Å². The molecule has 0 bridgehead atoms. The number of hydrogen-bond donors (Lipinski definition) is 3. The summed E-state index contributed by atoms with van der Waals surface area (Å²) in [5, 5.41) is 6.40. The maximum absolute atomic E-state index is 11.9. The van der Waals surface area contributed by atoms with Crippen LogP contribution in [0.1, 0.15) is 18.9 Å². The van der Waals surface area contributed by atoms with Gasteiger partial charge < -0.3 is 16.4 Å². The summed E-state index contributed by atoms with van der Waals surface area (Å²) >= 11 is 0. The predicted octanol–water partition coefficient (Wildman–Crippen LogP) is 3.13. The van der Waals surface area contributed by atoms with Crippen LogP contribution in [0.2, 0.25) is 0 Å². The average Bonchev–Trinajstić information content (AvgIpc) is 2.65. The van der Waals surface area contributed by atoms with Gasteiger partial charge in [0.2, 0.25) is 5.91 Å². The van der Waals surface area contributed by atoms with E-state index in [1.807, 2.05) is 43.3 Å². The standard InChI is InChI=1S/C18H20N4O/c1-11-8-17(23)22-16-5-3-4-14(18(16)21-11)12-6-7-15(19)13(9-12)10-20-2/h3-7,9-11,21H,8,19H2,1-2H3,(H,22,23)/t11-/m1/s1. The number of benzene rings is 2. The third-order valence-electron chi connectivity index (χ3n) is 3.89. The van der Waals surface area contributed by atoms with E-state index in [0.29, 0.717) is 12.1 Å². The van der Waals surface area contributed by atoms with Crippen LogP contribution in [0.25, 0.3) is 11.1 Å². The number of carbonyl (C=O) groups is 1. The fourth-order valence-corrected chi connectivity index (χ4v) is 2.82. The number of aliphatic imine (C=N–C) groups is 1. The summed E-state index contributed by atoms with van der Waals surface area (Å²) in [4.78, 5) is 16.0. The van der Waals surface area contributed by atoms with Gasteiger partial charge in [-0.2, -0.15) is 0 Å². The Bertz CT molecular complexity index is 783. The number of anilines is 3. The van der Waals surface area contributed by atoms with Crippen LogP contribution in [0.4, 0.5) is 17.1 Å². The molecular formula is C18H20N4O. The van der Waals surface area contributed by atoms with Gasteiger partial charge in [0.25, 0.3) is 0 Å². The molecule has 2 aromatic carbocycles. The molecule has 4 N–H and O–H groups in total. The monoisotopic (exact) mass is 308 g/mol. The van der Waals surface area contributed by atoms with Crippen LogP contribution in [-0.2, 0) is 4.79 Å². The number of amides is 1. The number of hydrogen-bond acceptors (Lipinski definition) is 4. The van der Waals surface area contributed by atoms with E-state index in [9.17, 15) is 4.79 Å². The van der Waals surface area contributed by atoms with Gasteiger partial charge in [-0.25, -0.2) is 0 Å². The molecule has 2 aromatic rings. The summed E-state index contributed by atoms with van der Waals surface area (Å²) in [5.41, 5.74) is 11.4. The second-order valence-corrected chi connectivity index (χ2v) is 5.76. The Hall–Kier alpha value is -2.82. The van der Waals surface area contributed by atoms with Gasteiger partial charge in [0, 0.05) is 42.5 Å². The minimum Gasteiger partial charge on any atom is -0.398 e. The van der Waals surface area contributed by atoms with Crippen molar-refractivity contribution in [1.82, 2.24) is 0 Å². The summed E-state index contributed by atoms with van der Waals surface area (Å²) < 4.78 is 0. The smallest absolute Gasteiger partial charge is 0.226 e. The minimum atomic E-state index is 0.0250. The Labute approximate surface area is 135 Å². The van der Waals surface area contributed by atoms with Crippen molar-refractivity contribution < 1.29 is 4.79 Å². The molecule has 118 valence electrons. The lowest BCUT2D eigenvalue weighted by Gasteiger charge is -2.17. The number of fused-ring (bicyclic) bond motifs is 1. The van der Waals surface area contributed by atoms with Crippen molar-refractivity contribution in [3.8, 4) is 11.1 Å². The van der Waals surface area contributed by atoms with Gasteiger partial charge in [-0.3, -0.25) is 9.79 Å². The molecule has 1 amide bonds. The SMILES string of the molecule is CN=Cc1cc(-c2cccc3c2N[C@H](C)CC(=O)N3)ccc1N. The van der Waals surface area contributed by atoms with Crippen molar-refractivity contribution >= 4 is 29.2 Å². The number of para-hydroxylation sites is 1. The molecule has 1 aliphatic rings. The van der Waals surface area contributed by atoms with Gasteiger partial charge in [0.1, 0.15) is 0 Å². The fourth-order valence-electron chi connectivity index (χ4n) is 2.82. The number of nitrogens with one attached hydrogen (secondary N) is 2. The van der Waals surface area contributed by atoms with Crippen LogP contribution >= 0.6 is 0 Å². The first kappa shape index (κ1) is 15.1. The lowest BCUT2D eigenvalue weighted by Crippen LogP contribution is -2.19. The molecule has 0 aliphatic carbocycles. The summed E-state index contributed by atoms with van der Waals surface area (Å²) in [5.74, 6) is 0.0250. The molecule has 0 saturated heterocycles. The molecule has 1 atom stereocenters. The van der Waals surface area contributed by atoms with E-state index in [2.05, 4.69) is 15.6 Å². The van der Waals surface area contributed by atoms with E-state index >= 15 is 0 Å². The Morgan fingerprint density at radius 3 is 2.91 bits per heavy atom. The molecule has 5 heteroatoms. The largest absolute Gasteiger partial charge is 0.398 e. The zero-order chi connectivity index (χ0) is 16.4. The highest BCUT2D eigenvalue weighted by molar-refractivity contribution is 6.01. The van der Waals surface area contributed by atoms with Gasteiger partial charge in [0.05, 0.1) is 11.4 Å². The number of nitrogens with zero attached hydrogens (tertiary/aromatic N) is 1. The fraction of sp³-hybridized carbons (Fsp3) is 0.222. The van der Waals surface area contributed by atoms with Crippen LogP contribution in [0.3, 0.4) is 0 Å². The lowest BCUT2D eigenvalue weighted by molar-refractivity contribution is -0.116. The van der Waals surface area contributed by atoms with Crippen molar-refractivity contribution in [3.63, 3.8) is 0 Å². The van der Waals surface area contributed by atoms with Gasteiger partial charge in [0.15, 0.2) is 0 Å². The maximum Gasteiger partial charge on any atom is 0.226 e. The highest BCUT2D eigenvalue weighted by Crippen LogP contribution is 2.37. The van der Waals surface area contributed by atoms with Crippen molar-refractivity contribution in [2.24, 2.45) is 4.99 Å². The molecule has 0 aromatic heterocycles. The van der Waals surface area contributed by atoms with Crippen LogP contribution in [0.5, 0.6) is 0 Å². The van der Waals surface area contributed by atoms with E-state index in [0.717, 1.165) is 28.1 Å². The van der Waals surface area contributed by atoms with Crippen molar-refractivity contribution in [2.75, 3.05) is 23.4 Å². The first-order valence-corrected chi connectivity index (χ1v) is 7.60. The summed E-state index contributed by atoms with van der Waals surface area (Å²) in [6.45, 7) is 2.00. The van der Waals surface area contributed by atoms with E-state index < -0.39 is 0 Å². The quantitative estimate of drug-likeness (QED) is 0.589. The van der Waals surface area contributed by atoms with Crippen LogP contribution in [-0.4, -0.2) is 25.2 Å². The first-order valence-electron chi connectivity index (χ1n) is 7.60. The van der Waals surface area contributed by atoms with Crippen molar-refractivity contribution in [1.29, 1.82) is 0 Å². The predicted molar refractivity (Wildman–Crippen MR) is 96.1 cm³/mol. The number of nitrogen functional groups attached to an aromatic ring is 1. The molecular weight excluding hydrogens is 288 g/mol. The summed E-state index contributed by atoms with van der Waals surface area (Å²) in [6.07, 6.45) is 2.20. The number of nitrogens with two attached hydrogens (primary N) is 1. The molecule has 1 aliphatic heterocycles. The third-order valence-corrected chi connectivity index (χ3v) is 3.89. The van der Waals surface area contributed by atoms with E-state index in [1.165, 1.54) is 0 Å². The molecule has 0 fully saturated rings. The first-order chi connectivity index (χ1) is 11.1. The van der Waals surface area contributed by atoms with E-state index in [4.69, 9.17) is 5.73 Å². The second-order valence-electron chi connectivity index (χ2n) is 5.76. The third kappa shape index (κ3) is 3.04. The van der Waals surface area contributed by atoms with Crippen molar-refractivity contribution in [2.45, 2.75) is 19.4 Å². The summed E-state index contributed by atoms with van der Waals surface area (Å²) in [6, 6.07) is 11.8. The van der Waals surface area contributed by atoms with Gasteiger partial charge in [-0.1, -0.05) is 18.2 Å². The zero-order valence-electron chi connectivity index (χ0n) is 13.3. The Kier molecular flexibility index (Phi) is 4.02. The highest BCUT2D eigenvalue weighted by Gasteiger charge is 2.20. The molecule has 0 spiro atoms. The Balaban J connectivity index is 2.13.